The van der Waals surface area contributed by atoms with E-state index in [1.165, 1.54) is 167 Å². The number of rotatable bonds is 27. The molecule has 228 valence electrons. The van der Waals surface area contributed by atoms with Crippen LogP contribution in [0.5, 0.6) is 0 Å². The molecule has 0 saturated carbocycles. The minimum Gasteiger partial charge on any atom is -0.744 e. The highest BCUT2D eigenvalue weighted by Crippen LogP contribution is 2.23. The van der Waals surface area contributed by atoms with Crippen molar-refractivity contribution in [3.8, 4) is 0 Å². The first kappa shape index (κ1) is 36.1. The van der Waals surface area contributed by atoms with Gasteiger partial charge < -0.3 is 9.04 Å². The van der Waals surface area contributed by atoms with Crippen molar-refractivity contribution in [2.75, 3.05) is 19.6 Å². The topological polar surface area (TPSA) is 57.2 Å². The number of quaternary nitrogens is 1. The van der Waals surface area contributed by atoms with Gasteiger partial charge >= 0.3 is 0 Å². The van der Waals surface area contributed by atoms with Gasteiger partial charge in [-0.05, 0) is 50.7 Å². The van der Waals surface area contributed by atoms with E-state index in [2.05, 4.69) is 20.8 Å². The third-order valence-electron chi connectivity index (χ3n) is 8.44. The summed E-state index contributed by atoms with van der Waals surface area (Å²) >= 11 is 0. The van der Waals surface area contributed by atoms with Crippen molar-refractivity contribution in [1.82, 2.24) is 0 Å². The van der Waals surface area contributed by atoms with Gasteiger partial charge in [-0.2, -0.15) is 0 Å². The lowest BCUT2D eigenvalue weighted by atomic mass is 10.0. The van der Waals surface area contributed by atoms with Crippen molar-refractivity contribution in [2.45, 2.75) is 167 Å². The molecular weight excluding hydrogens is 502 g/mol. The van der Waals surface area contributed by atoms with E-state index in [0.29, 0.717) is 0 Å². The molecule has 0 fully saturated rings. The monoisotopic (exact) mass is 565 g/mol. The zero-order valence-electron chi connectivity index (χ0n) is 26.1. The molecule has 0 amide bonds. The first-order chi connectivity index (χ1) is 18.9. The highest BCUT2D eigenvalue weighted by Gasteiger charge is 2.27. The molecule has 1 rings (SSSR count). The fraction of sp³-hybridized carbons (Fsp3) is 0.824. The molecule has 0 aliphatic carbocycles. The lowest BCUT2D eigenvalue weighted by molar-refractivity contribution is -0.941. The van der Waals surface area contributed by atoms with Crippen LogP contribution < -0.4 is 0 Å². The van der Waals surface area contributed by atoms with E-state index >= 15 is 0 Å². The Balaban J connectivity index is 2.88. The highest BCUT2D eigenvalue weighted by molar-refractivity contribution is 7.85. The molecule has 1 aromatic rings. The summed E-state index contributed by atoms with van der Waals surface area (Å²) in [6.07, 6.45) is 27.9. The van der Waals surface area contributed by atoms with Gasteiger partial charge in [0.05, 0.1) is 24.5 Å². The Morgan fingerprint density at radius 3 is 1.13 bits per heavy atom. The summed E-state index contributed by atoms with van der Waals surface area (Å²) in [5, 5.41) is 0. The predicted octanol–water partition coefficient (Wildman–Crippen LogP) is 10.2. The van der Waals surface area contributed by atoms with Crippen LogP contribution in [0.15, 0.2) is 29.2 Å². The molecule has 39 heavy (non-hydrogen) atoms. The van der Waals surface area contributed by atoms with Crippen LogP contribution in [0.3, 0.4) is 0 Å². The summed E-state index contributed by atoms with van der Waals surface area (Å²) < 4.78 is 35.5. The number of unbranched alkanes of at least 4 members (excludes halogenated alkanes) is 18. The van der Waals surface area contributed by atoms with Crippen LogP contribution >= 0.6 is 0 Å². The van der Waals surface area contributed by atoms with Gasteiger partial charge in [-0.15, -0.1) is 0 Å². The maximum absolute atomic E-state index is 11.5. The summed E-state index contributed by atoms with van der Waals surface area (Å²) in [5.41, 5.74) is 1.16. The fourth-order valence-electron chi connectivity index (χ4n) is 5.93. The van der Waals surface area contributed by atoms with Gasteiger partial charge in [0, 0.05) is 5.56 Å². The van der Waals surface area contributed by atoms with Gasteiger partial charge in [0.2, 0.25) is 0 Å². The molecule has 1 aromatic carbocycles. The smallest absolute Gasteiger partial charge is 0.124 e. The molecule has 0 saturated heterocycles. The van der Waals surface area contributed by atoms with E-state index in [1.54, 1.807) is 0 Å². The Morgan fingerprint density at radius 1 is 0.513 bits per heavy atom. The molecule has 0 heterocycles. The standard InChI is InChI=1S/C34H63NO3S/c1-4-7-10-13-16-19-22-29-35(30-23-20-17-14-11-8-5-2,31-24-21-18-15-12-9-6-3)32-33-25-27-34(28-26-33)39(36,37)38/h25-28H,4-24,29-32H2,1-3H3. The maximum Gasteiger partial charge on any atom is 0.124 e. The molecular formula is C34H63NO3S. The molecule has 0 aliphatic heterocycles. The van der Waals surface area contributed by atoms with Crippen molar-refractivity contribution >= 4 is 10.1 Å². The Hall–Kier alpha value is -0.910. The van der Waals surface area contributed by atoms with Crippen LogP contribution in [0.25, 0.3) is 0 Å². The number of hydrogen-bond acceptors (Lipinski definition) is 3. The van der Waals surface area contributed by atoms with E-state index < -0.39 is 10.1 Å². The van der Waals surface area contributed by atoms with Crippen LogP contribution in [0.1, 0.15) is 161 Å². The second-order valence-corrected chi connectivity index (χ2v) is 13.5. The minimum atomic E-state index is -4.40. The molecule has 0 aliphatic rings. The highest BCUT2D eigenvalue weighted by atomic mass is 32.2. The second-order valence-electron chi connectivity index (χ2n) is 12.1. The predicted molar refractivity (Wildman–Crippen MR) is 167 cm³/mol. The second kappa shape index (κ2) is 22.7. The zero-order chi connectivity index (χ0) is 28.7. The van der Waals surface area contributed by atoms with Crippen molar-refractivity contribution < 1.29 is 17.5 Å². The van der Waals surface area contributed by atoms with Crippen molar-refractivity contribution in [3.63, 3.8) is 0 Å². The average molecular weight is 566 g/mol. The van der Waals surface area contributed by atoms with E-state index in [9.17, 15) is 13.0 Å². The Bertz CT molecular complexity index is 746. The van der Waals surface area contributed by atoms with E-state index in [4.69, 9.17) is 0 Å². The molecule has 0 bridgehead atoms. The molecule has 4 nitrogen and oxygen atoms in total. The summed E-state index contributed by atoms with van der Waals surface area (Å²) in [7, 11) is -4.40. The summed E-state index contributed by atoms with van der Waals surface area (Å²) in [6, 6.07) is 6.80. The summed E-state index contributed by atoms with van der Waals surface area (Å²) in [5.74, 6) is 0. The summed E-state index contributed by atoms with van der Waals surface area (Å²) in [4.78, 5) is -0.115. The van der Waals surface area contributed by atoms with Crippen LogP contribution in [0, 0.1) is 0 Å². The third kappa shape index (κ3) is 18.2. The first-order valence-electron chi connectivity index (χ1n) is 16.8. The third-order valence-corrected chi connectivity index (χ3v) is 9.29. The van der Waals surface area contributed by atoms with Gasteiger partial charge in [0.1, 0.15) is 16.7 Å². The molecule has 0 aromatic heterocycles. The lowest BCUT2D eigenvalue weighted by Gasteiger charge is -2.39. The average Bonchev–Trinajstić information content (AvgIpc) is 2.91. The van der Waals surface area contributed by atoms with E-state index in [0.717, 1.165) is 16.6 Å². The van der Waals surface area contributed by atoms with Crippen LogP contribution in [0.2, 0.25) is 0 Å². The number of nitrogens with zero attached hydrogens (tertiary/aromatic N) is 1. The quantitative estimate of drug-likeness (QED) is 0.0605. The first-order valence-corrected chi connectivity index (χ1v) is 18.2. The van der Waals surface area contributed by atoms with Gasteiger partial charge in [0.15, 0.2) is 0 Å². The van der Waals surface area contributed by atoms with Crippen molar-refractivity contribution in [1.29, 1.82) is 0 Å². The van der Waals surface area contributed by atoms with Crippen molar-refractivity contribution in [3.05, 3.63) is 29.8 Å². The number of hydrogen-bond donors (Lipinski definition) is 0. The SMILES string of the molecule is CCCCCCCCC[N+](CCCCCCCCC)(CCCCCCCCC)Cc1ccc(S(=O)(=O)[O-])cc1. The van der Waals surface area contributed by atoms with Gasteiger partial charge in [-0.1, -0.05) is 129 Å². The number of benzene rings is 1. The Kier molecular flexibility index (Phi) is 21.1. The summed E-state index contributed by atoms with van der Waals surface area (Å²) in [6.45, 7) is 11.4. The van der Waals surface area contributed by atoms with Crippen LogP contribution in [-0.4, -0.2) is 37.1 Å². The lowest BCUT2D eigenvalue weighted by Crippen LogP contribution is -2.49. The Labute approximate surface area is 243 Å². The molecule has 0 N–H and O–H groups in total. The molecule has 0 atom stereocenters. The van der Waals surface area contributed by atoms with E-state index in [1.807, 2.05) is 12.1 Å². The maximum atomic E-state index is 11.5. The van der Waals surface area contributed by atoms with Crippen molar-refractivity contribution in [2.24, 2.45) is 0 Å². The van der Waals surface area contributed by atoms with Gasteiger partial charge in [0.25, 0.3) is 0 Å². The van der Waals surface area contributed by atoms with Crippen LogP contribution in [-0.2, 0) is 16.7 Å². The molecule has 5 heteroatoms. The Morgan fingerprint density at radius 2 is 0.821 bits per heavy atom. The molecule has 0 radical (unpaired) electrons. The van der Waals surface area contributed by atoms with Gasteiger partial charge in [-0.25, -0.2) is 8.42 Å². The fourth-order valence-corrected chi connectivity index (χ4v) is 6.40. The minimum absolute atomic E-state index is 0.115. The van der Waals surface area contributed by atoms with E-state index in [-0.39, 0.29) is 4.90 Å². The zero-order valence-corrected chi connectivity index (χ0v) is 26.9. The molecule has 0 spiro atoms. The van der Waals surface area contributed by atoms with Crippen LogP contribution in [0.4, 0.5) is 0 Å². The van der Waals surface area contributed by atoms with Gasteiger partial charge in [-0.3, -0.25) is 0 Å². The largest absolute Gasteiger partial charge is 0.744 e. The normalized spacial score (nSPS) is 12.3. The molecule has 0 unspecified atom stereocenters.